The molecule has 0 N–H and O–H groups in total. The molecule has 129 valence electrons. The molecule has 0 aliphatic carbocycles. The summed E-state index contributed by atoms with van der Waals surface area (Å²) in [6, 6.07) is 0. The van der Waals surface area contributed by atoms with Crippen LogP contribution < -0.4 is 0 Å². The molecular weight excluding hydrogens is 376 g/mol. The van der Waals surface area contributed by atoms with E-state index in [1.807, 2.05) is 13.8 Å². The Morgan fingerprint density at radius 3 is 2.32 bits per heavy atom. The van der Waals surface area contributed by atoms with Gasteiger partial charge in [0.15, 0.2) is 0 Å². The molecule has 1 aliphatic heterocycles. The maximum Gasteiger partial charge on any atom is 0.319 e. The van der Waals surface area contributed by atoms with Crippen molar-refractivity contribution in [3.63, 3.8) is 0 Å². The molecule has 0 spiro atoms. The van der Waals surface area contributed by atoms with E-state index in [4.69, 9.17) is 13.8 Å². The quantitative estimate of drug-likeness (QED) is 0.573. The molecule has 1 radical (unpaired) electrons. The van der Waals surface area contributed by atoms with Crippen LogP contribution in [0.25, 0.3) is 0 Å². The van der Waals surface area contributed by atoms with Crippen molar-refractivity contribution in [1.29, 1.82) is 0 Å². The average Bonchev–Trinajstić information content (AvgIpc) is 2.54. The van der Waals surface area contributed by atoms with Crippen molar-refractivity contribution in [3.05, 3.63) is 0 Å². The van der Waals surface area contributed by atoms with Gasteiger partial charge >= 0.3 is 8.25 Å². The summed E-state index contributed by atoms with van der Waals surface area (Å²) in [4.78, 5) is 0. The van der Waals surface area contributed by atoms with Gasteiger partial charge in [-0.15, -0.1) is 0 Å². The zero-order valence-electron chi connectivity index (χ0n) is 15.2. The van der Waals surface area contributed by atoms with Gasteiger partial charge in [-0.05, 0) is 50.9 Å². The number of ether oxygens (including phenoxy) is 1. The molecule has 6 heteroatoms. The van der Waals surface area contributed by atoms with Crippen molar-refractivity contribution in [3.8, 4) is 0 Å². The van der Waals surface area contributed by atoms with E-state index in [9.17, 15) is 4.57 Å². The monoisotopic (exact) mass is 409 g/mol. The molecule has 1 heterocycles. The van der Waals surface area contributed by atoms with E-state index in [1.54, 1.807) is 0 Å². The Kier molecular flexibility index (Phi) is 10.8. The molecule has 2 unspecified atom stereocenters. The molecule has 4 nitrogen and oxygen atoms in total. The van der Waals surface area contributed by atoms with Gasteiger partial charge in [-0.25, -0.2) is 0 Å². The van der Waals surface area contributed by atoms with Gasteiger partial charge in [-0.1, -0.05) is 27.7 Å². The van der Waals surface area contributed by atoms with Gasteiger partial charge in [0.05, 0.1) is 24.9 Å². The molecule has 0 aromatic rings. The maximum absolute atomic E-state index is 11.6. The van der Waals surface area contributed by atoms with E-state index in [0.29, 0.717) is 23.9 Å². The molecule has 5 atom stereocenters. The first-order valence-corrected chi connectivity index (χ1v) is 9.31. The average molecular weight is 409 g/mol. The molecule has 1 rings (SSSR count). The second-order valence-corrected chi connectivity index (χ2v) is 8.75. The standard InChI is InChI=1S/C16H33O4P.Y/c1-11(2)20-21(17)18-9-8-15-14(10-16(5,6)7)12(3)13(4)19-15;/h11-15,21H,8-10H2,1-7H3;/t12?,13-,14+,15+;/m0./s1. The molecule has 0 aromatic carbocycles. The fourth-order valence-electron chi connectivity index (χ4n) is 2.98. The summed E-state index contributed by atoms with van der Waals surface area (Å²) in [7, 11) is -2.36. The number of hydrogen-bond acceptors (Lipinski definition) is 4. The van der Waals surface area contributed by atoms with Gasteiger partial charge in [-0.2, -0.15) is 0 Å². The van der Waals surface area contributed by atoms with Crippen LogP contribution in [-0.2, 0) is 51.1 Å². The van der Waals surface area contributed by atoms with Crippen molar-refractivity contribution in [1.82, 2.24) is 0 Å². The molecule has 0 aromatic heterocycles. The van der Waals surface area contributed by atoms with E-state index in [-0.39, 0.29) is 51.0 Å². The van der Waals surface area contributed by atoms with Crippen LogP contribution in [0.1, 0.15) is 61.3 Å². The fourth-order valence-corrected chi connectivity index (χ4v) is 3.72. The topological polar surface area (TPSA) is 44.8 Å². The van der Waals surface area contributed by atoms with E-state index in [2.05, 4.69) is 34.6 Å². The molecule has 1 saturated heterocycles. The summed E-state index contributed by atoms with van der Waals surface area (Å²) in [5, 5.41) is 0. The minimum absolute atomic E-state index is 0. The third-order valence-electron chi connectivity index (χ3n) is 4.09. The predicted molar refractivity (Wildman–Crippen MR) is 86.9 cm³/mol. The van der Waals surface area contributed by atoms with Crippen LogP contribution in [0.2, 0.25) is 0 Å². The van der Waals surface area contributed by atoms with E-state index < -0.39 is 8.25 Å². The van der Waals surface area contributed by atoms with Gasteiger partial charge in [0, 0.05) is 32.7 Å². The van der Waals surface area contributed by atoms with Gasteiger partial charge in [-0.3, -0.25) is 4.57 Å². The molecule has 0 saturated carbocycles. The Bertz CT molecular complexity index is 344. The van der Waals surface area contributed by atoms with Crippen molar-refractivity contribution in [2.24, 2.45) is 17.3 Å². The number of hydrogen-bond donors (Lipinski definition) is 0. The second-order valence-electron chi connectivity index (χ2n) is 7.72. The number of rotatable bonds is 7. The van der Waals surface area contributed by atoms with Gasteiger partial charge < -0.3 is 13.8 Å². The molecular formula is C16H33O4PY. The molecule has 0 bridgehead atoms. The first-order valence-electron chi connectivity index (χ1n) is 8.09. The largest absolute Gasteiger partial charge is 0.375 e. The maximum atomic E-state index is 11.6. The summed E-state index contributed by atoms with van der Waals surface area (Å²) < 4.78 is 28.1. The smallest absolute Gasteiger partial charge is 0.319 e. The van der Waals surface area contributed by atoms with Crippen LogP contribution in [0.15, 0.2) is 0 Å². The Morgan fingerprint density at radius 1 is 1.23 bits per heavy atom. The summed E-state index contributed by atoms with van der Waals surface area (Å²) >= 11 is 0. The molecule has 1 aliphatic rings. The van der Waals surface area contributed by atoms with Crippen LogP contribution >= 0.6 is 8.25 Å². The zero-order chi connectivity index (χ0) is 16.2. The predicted octanol–water partition coefficient (Wildman–Crippen LogP) is 4.68. The van der Waals surface area contributed by atoms with Crippen LogP contribution in [0.5, 0.6) is 0 Å². The minimum atomic E-state index is -2.36. The normalized spacial score (nSPS) is 30.4. The van der Waals surface area contributed by atoms with Gasteiger partial charge in [0.2, 0.25) is 0 Å². The molecule has 22 heavy (non-hydrogen) atoms. The summed E-state index contributed by atoms with van der Waals surface area (Å²) in [6.07, 6.45) is 2.34. The SMILES string of the molecule is CC(C)O[PH](=O)OCC[C@H]1O[C@@H](C)C(C)[C@H]1CC(C)(C)C.[Y]. The van der Waals surface area contributed by atoms with Crippen LogP contribution in [-0.4, -0.2) is 24.9 Å². The van der Waals surface area contributed by atoms with E-state index >= 15 is 0 Å². The third-order valence-corrected chi connectivity index (χ3v) is 5.19. The van der Waals surface area contributed by atoms with Gasteiger partial charge in [0.25, 0.3) is 0 Å². The Labute approximate surface area is 162 Å². The first kappa shape index (κ1) is 23.2. The van der Waals surface area contributed by atoms with E-state index in [0.717, 1.165) is 12.8 Å². The second kappa shape index (κ2) is 10.3. The first-order chi connectivity index (χ1) is 9.60. The van der Waals surface area contributed by atoms with Crippen LogP contribution in [0.3, 0.4) is 0 Å². The fraction of sp³-hybridized carbons (Fsp3) is 1.00. The Hall–Kier alpha value is 1.21. The summed E-state index contributed by atoms with van der Waals surface area (Å²) in [5.74, 6) is 1.09. The third kappa shape index (κ3) is 8.35. The zero-order valence-corrected chi connectivity index (χ0v) is 19.1. The molecule has 1 fully saturated rings. The van der Waals surface area contributed by atoms with Crippen molar-refractivity contribution in [2.75, 3.05) is 6.61 Å². The summed E-state index contributed by atoms with van der Waals surface area (Å²) in [5.41, 5.74) is 0.291. The summed E-state index contributed by atoms with van der Waals surface area (Å²) in [6.45, 7) is 15.4. The Morgan fingerprint density at radius 2 is 1.82 bits per heavy atom. The molecule has 0 amide bonds. The van der Waals surface area contributed by atoms with Crippen molar-refractivity contribution in [2.45, 2.75) is 79.6 Å². The van der Waals surface area contributed by atoms with Gasteiger partial charge in [0.1, 0.15) is 0 Å². The van der Waals surface area contributed by atoms with Crippen molar-refractivity contribution < 1.29 is 51.1 Å². The van der Waals surface area contributed by atoms with Crippen molar-refractivity contribution >= 4 is 8.25 Å². The van der Waals surface area contributed by atoms with Crippen LogP contribution in [0, 0.1) is 17.3 Å². The Balaban J connectivity index is 0.00000441. The minimum Gasteiger partial charge on any atom is -0.375 e. The van der Waals surface area contributed by atoms with Crippen LogP contribution in [0.4, 0.5) is 0 Å². The van der Waals surface area contributed by atoms with E-state index in [1.165, 1.54) is 0 Å².